The van der Waals surface area contributed by atoms with Crippen LogP contribution in [0.2, 0.25) is 0 Å². The highest BCUT2D eigenvalue weighted by Crippen LogP contribution is 2.29. The number of hydrogen-bond donors (Lipinski definition) is 2. The van der Waals surface area contributed by atoms with E-state index in [-0.39, 0.29) is 6.03 Å². The summed E-state index contributed by atoms with van der Waals surface area (Å²) in [6, 6.07) is 8.04. The Hall–Kier alpha value is -3.23. The van der Waals surface area contributed by atoms with Crippen LogP contribution in [0.3, 0.4) is 0 Å². The molecule has 2 amide bonds. The standard InChI is InChI=1S/C19H24N8O/c1-12-17(13(2)26(3)23-12)11-27(16-7-8-16)19(28)20-10-14-5-4-6-15(9-14)18-21-24-25-22-18/h4-6,9,16H,7-8,10-11H2,1-3H3,(H,20,28)(H,21,22,24,25). The van der Waals surface area contributed by atoms with Gasteiger partial charge < -0.3 is 10.2 Å². The van der Waals surface area contributed by atoms with Gasteiger partial charge in [-0.2, -0.15) is 10.3 Å². The number of benzene rings is 1. The van der Waals surface area contributed by atoms with Crippen molar-refractivity contribution in [2.45, 2.75) is 45.8 Å². The van der Waals surface area contributed by atoms with Crippen LogP contribution in [0.1, 0.15) is 35.4 Å². The number of aromatic nitrogens is 6. The maximum atomic E-state index is 12.9. The maximum Gasteiger partial charge on any atom is 0.318 e. The van der Waals surface area contributed by atoms with Crippen LogP contribution in [-0.2, 0) is 20.1 Å². The summed E-state index contributed by atoms with van der Waals surface area (Å²) in [7, 11) is 1.93. The summed E-state index contributed by atoms with van der Waals surface area (Å²) in [4.78, 5) is 14.8. The van der Waals surface area contributed by atoms with Crippen molar-refractivity contribution >= 4 is 6.03 Å². The van der Waals surface area contributed by atoms with Crippen LogP contribution in [0.4, 0.5) is 4.79 Å². The van der Waals surface area contributed by atoms with E-state index in [9.17, 15) is 4.79 Å². The number of carbonyl (C=O) groups excluding carboxylic acids is 1. The van der Waals surface area contributed by atoms with Crippen LogP contribution >= 0.6 is 0 Å². The number of nitrogens with zero attached hydrogens (tertiary/aromatic N) is 6. The average molecular weight is 380 g/mol. The monoisotopic (exact) mass is 380 g/mol. The Balaban J connectivity index is 1.44. The van der Waals surface area contributed by atoms with Gasteiger partial charge in [0.15, 0.2) is 0 Å². The molecular weight excluding hydrogens is 356 g/mol. The molecule has 0 unspecified atom stereocenters. The van der Waals surface area contributed by atoms with E-state index in [0.29, 0.717) is 25.0 Å². The number of aromatic amines is 1. The van der Waals surface area contributed by atoms with Crippen LogP contribution in [0, 0.1) is 13.8 Å². The van der Waals surface area contributed by atoms with E-state index in [1.807, 2.05) is 54.7 Å². The van der Waals surface area contributed by atoms with Gasteiger partial charge in [-0.15, -0.1) is 10.2 Å². The van der Waals surface area contributed by atoms with E-state index in [2.05, 4.69) is 31.0 Å². The van der Waals surface area contributed by atoms with Crippen molar-refractivity contribution in [1.29, 1.82) is 0 Å². The molecule has 1 fully saturated rings. The highest BCUT2D eigenvalue weighted by molar-refractivity contribution is 5.75. The number of H-pyrrole nitrogens is 1. The maximum absolute atomic E-state index is 12.9. The molecule has 0 atom stereocenters. The molecule has 0 radical (unpaired) electrons. The van der Waals surface area contributed by atoms with Crippen LogP contribution < -0.4 is 5.32 Å². The Bertz CT molecular complexity index is 974. The Labute approximate surface area is 163 Å². The zero-order valence-corrected chi connectivity index (χ0v) is 16.3. The number of urea groups is 1. The van der Waals surface area contributed by atoms with Crippen LogP contribution in [-0.4, -0.2) is 47.4 Å². The average Bonchev–Trinajstić information content (AvgIpc) is 3.31. The van der Waals surface area contributed by atoms with Crippen LogP contribution in [0.15, 0.2) is 24.3 Å². The number of carbonyl (C=O) groups is 1. The van der Waals surface area contributed by atoms with E-state index in [0.717, 1.165) is 40.9 Å². The number of tetrazole rings is 1. The molecule has 0 saturated heterocycles. The van der Waals surface area contributed by atoms with Crippen molar-refractivity contribution in [3.63, 3.8) is 0 Å². The zero-order valence-electron chi connectivity index (χ0n) is 16.3. The molecule has 146 valence electrons. The molecule has 28 heavy (non-hydrogen) atoms. The number of nitrogens with one attached hydrogen (secondary N) is 2. The summed E-state index contributed by atoms with van der Waals surface area (Å²) >= 11 is 0. The minimum atomic E-state index is -0.0462. The number of hydrogen-bond acceptors (Lipinski definition) is 5. The molecule has 2 N–H and O–H groups in total. The third kappa shape index (κ3) is 3.73. The molecule has 2 heterocycles. The second-order valence-electron chi connectivity index (χ2n) is 7.23. The predicted octanol–water partition coefficient (Wildman–Crippen LogP) is 2.09. The van der Waals surface area contributed by atoms with Crippen LogP contribution in [0.5, 0.6) is 0 Å². The first kappa shape index (κ1) is 18.1. The summed E-state index contributed by atoms with van der Waals surface area (Å²) in [5.74, 6) is 0.537. The van der Waals surface area contributed by atoms with Crippen molar-refractivity contribution in [2.24, 2.45) is 7.05 Å². The molecule has 1 aliphatic carbocycles. The summed E-state index contributed by atoms with van der Waals surface area (Å²) < 4.78 is 1.87. The van der Waals surface area contributed by atoms with Gasteiger partial charge in [-0.1, -0.05) is 18.2 Å². The van der Waals surface area contributed by atoms with Crippen LogP contribution in [0.25, 0.3) is 11.4 Å². The van der Waals surface area contributed by atoms with E-state index < -0.39 is 0 Å². The lowest BCUT2D eigenvalue weighted by atomic mass is 10.1. The lowest BCUT2D eigenvalue weighted by Gasteiger charge is -2.23. The Morgan fingerprint density at radius 3 is 2.82 bits per heavy atom. The minimum Gasteiger partial charge on any atom is -0.334 e. The molecule has 0 aliphatic heterocycles. The van der Waals surface area contributed by atoms with Crippen molar-refractivity contribution in [1.82, 2.24) is 40.6 Å². The predicted molar refractivity (Wildman–Crippen MR) is 103 cm³/mol. The highest BCUT2D eigenvalue weighted by atomic mass is 16.2. The van der Waals surface area contributed by atoms with Gasteiger partial charge >= 0.3 is 6.03 Å². The lowest BCUT2D eigenvalue weighted by Crippen LogP contribution is -2.40. The van der Waals surface area contributed by atoms with Gasteiger partial charge in [0.25, 0.3) is 0 Å². The fourth-order valence-corrected chi connectivity index (χ4v) is 3.35. The first-order chi connectivity index (χ1) is 13.5. The highest BCUT2D eigenvalue weighted by Gasteiger charge is 2.33. The molecule has 2 aromatic heterocycles. The van der Waals surface area contributed by atoms with Gasteiger partial charge in [0.05, 0.1) is 12.2 Å². The Morgan fingerprint density at radius 1 is 1.36 bits per heavy atom. The van der Waals surface area contributed by atoms with Gasteiger partial charge in [0.2, 0.25) is 5.82 Å². The van der Waals surface area contributed by atoms with Gasteiger partial charge in [-0.25, -0.2) is 4.79 Å². The van der Waals surface area contributed by atoms with Crippen molar-refractivity contribution in [3.05, 3.63) is 46.8 Å². The fraction of sp³-hybridized carbons (Fsp3) is 0.421. The van der Waals surface area contributed by atoms with Gasteiger partial charge in [-0.3, -0.25) is 4.68 Å². The second kappa shape index (κ2) is 7.41. The summed E-state index contributed by atoms with van der Waals surface area (Å²) in [6.45, 7) is 5.07. The fourth-order valence-electron chi connectivity index (χ4n) is 3.35. The molecule has 9 heteroatoms. The first-order valence-electron chi connectivity index (χ1n) is 9.39. The Kier molecular flexibility index (Phi) is 4.81. The topological polar surface area (TPSA) is 105 Å². The zero-order chi connectivity index (χ0) is 19.7. The number of aryl methyl sites for hydroxylation is 2. The smallest absolute Gasteiger partial charge is 0.318 e. The van der Waals surface area contributed by atoms with Gasteiger partial charge in [-0.05, 0) is 43.5 Å². The van der Waals surface area contributed by atoms with E-state index in [1.165, 1.54) is 0 Å². The third-order valence-corrected chi connectivity index (χ3v) is 5.21. The largest absolute Gasteiger partial charge is 0.334 e. The van der Waals surface area contributed by atoms with E-state index in [1.54, 1.807) is 0 Å². The first-order valence-corrected chi connectivity index (χ1v) is 9.39. The molecule has 1 saturated carbocycles. The molecule has 1 aromatic carbocycles. The van der Waals surface area contributed by atoms with Gasteiger partial charge in [0, 0.05) is 36.5 Å². The second-order valence-corrected chi connectivity index (χ2v) is 7.23. The molecule has 0 bridgehead atoms. The normalized spacial score (nSPS) is 13.5. The van der Waals surface area contributed by atoms with E-state index >= 15 is 0 Å². The molecule has 3 aromatic rings. The Morgan fingerprint density at radius 2 is 2.18 bits per heavy atom. The summed E-state index contributed by atoms with van der Waals surface area (Å²) in [5, 5.41) is 21.6. The van der Waals surface area contributed by atoms with Crippen molar-refractivity contribution < 1.29 is 4.79 Å². The SMILES string of the molecule is Cc1nn(C)c(C)c1CN(C(=O)NCc1cccc(-c2nn[nH]n2)c1)C1CC1. The van der Waals surface area contributed by atoms with Crippen molar-refractivity contribution in [2.75, 3.05) is 0 Å². The summed E-state index contributed by atoms with van der Waals surface area (Å²) in [6.07, 6.45) is 2.11. The van der Waals surface area contributed by atoms with Gasteiger partial charge in [0.1, 0.15) is 0 Å². The number of rotatable bonds is 6. The molecule has 9 nitrogen and oxygen atoms in total. The molecular formula is C19H24N8O. The molecule has 1 aliphatic rings. The molecule has 4 rings (SSSR count). The van der Waals surface area contributed by atoms with E-state index in [4.69, 9.17) is 0 Å². The molecule has 0 spiro atoms. The number of amides is 2. The van der Waals surface area contributed by atoms with Crippen molar-refractivity contribution in [3.8, 4) is 11.4 Å². The summed E-state index contributed by atoms with van der Waals surface area (Å²) in [5.41, 5.74) is 5.06. The minimum absolute atomic E-state index is 0.0462. The quantitative estimate of drug-likeness (QED) is 0.681. The third-order valence-electron chi connectivity index (χ3n) is 5.21. The lowest BCUT2D eigenvalue weighted by molar-refractivity contribution is 0.191.